The zero-order valence-electron chi connectivity index (χ0n) is 10.0. The Bertz CT molecular complexity index is 204. The van der Waals surface area contributed by atoms with Crippen LogP contribution in [0.2, 0.25) is 0 Å². The Kier molecular flexibility index (Phi) is 5.09. The highest BCUT2D eigenvalue weighted by Crippen LogP contribution is 2.20. The maximum Gasteiger partial charge on any atom is 0.222 e. The lowest BCUT2D eigenvalue weighted by Gasteiger charge is -2.16. The van der Waals surface area contributed by atoms with Crippen LogP contribution in [-0.2, 0) is 4.79 Å². The van der Waals surface area contributed by atoms with E-state index in [0.717, 1.165) is 45.2 Å². The maximum absolute atomic E-state index is 11.6. The first kappa shape index (κ1) is 12.5. The molecule has 1 fully saturated rings. The second kappa shape index (κ2) is 6.11. The first-order valence-corrected chi connectivity index (χ1v) is 6.16. The van der Waals surface area contributed by atoms with E-state index < -0.39 is 0 Å². The van der Waals surface area contributed by atoms with Crippen LogP contribution in [0.15, 0.2) is 0 Å². The van der Waals surface area contributed by atoms with Gasteiger partial charge in [0.2, 0.25) is 5.91 Å². The highest BCUT2D eigenvalue weighted by atomic mass is 16.2. The van der Waals surface area contributed by atoms with Gasteiger partial charge in [-0.2, -0.15) is 0 Å². The summed E-state index contributed by atoms with van der Waals surface area (Å²) in [6.07, 6.45) is 5.20. The van der Waals surface area contributed by atoms with Gasteiger partial charge in [-0.25, -0.2) is 0 Å². The minimum absolute atomic E-state index is 0.294. The Balaban J connectivity index is 2.14. The molecule has 1 saturated heterocycles. The smallest absolute Gasteiger partial charge is 0.222 e. The Morgan fingerprint density at radius 3 is 2.80 bits per heavy atom. The van der Waals surface area contributed by atoms with Crippen molar-refractivity contribution in [1.82, 2.24) is 4.90 Å². The van der Waals surface area contributed by atoms with Crippen molar-refractivity contribution in [2.45, 2.75) is 52.0 Å². The molecule has 2 N–H and O–H groups in total. The molecule has 1 aliphatic rings. The molecule has 88 valence electrons. The van der Waals surface area contributed by atoms with Crippen molar-refractivity contribution in [2.24, 2.45) is 11.7 Å². The van der Waals surface area contributed by atoms with Gasteiger partial charge in [-0.15, -0.1) is 0 Å². The SMILES string of the molecule is CCC1CC(=O)N(CCCCC(C)N)C1. The number of carbonyl (C=O) groups excluding carboxylic acids is 1. The summed E-state index contributed by atoms with van der Waals surface area (Å²) in [4.78, 5) is 13.6. The van der Waals surface area contributed by atoms with Gasteiger partial charge in [0, 0.05) is 25.6 Å². The monoisotopic (exact) mass is 212 g/mol. The zero-order valence-corrected chi connectivity index (χ0v) is 10.0. The van der Waals surface area contributed by atoms with Crippen LogP contribution >= 0.6 is 0 Å². The van der Waals surface area contributed by atoms with Gasteiger partial charge in [-0.3, -0.25) is 4.79 Å². The summed E-state index contributed by atoms with van der Waals surface area (Å²) in [5, 5.41) is 0. The third-order valence-corrected chi connectivity index (χ3v) is 3.21. The average Bonchev–Trinajstić information content (AvgIpc) is 2.54. The van der Waals surface area contributed by atoms with E-state index in [2.05, 4.69) is 6.92 Å². The summed E-state index contributed by atoms with van der Waals surface area (Å²) in [6, 6.07) is 0.294. The van der Waals surface area contributed by atoms with Gasteiger partial charge < -0.3 is 10.6 Å². The molecule has 2 unspecified atom stereocenters. The Hall–Kier alpha value is -0.570. The van der Waals surface area contributed by atoms with E-state index in [0.29, 0.717) is 17.9 Å². The molecule has 0 spiro atoms. The van der Waals surface area contributed by atoms with E-state index in [-0.39, 0.29) is 0 Å². The summed E-state index contributed by atoms with van der Waals surface area (Å²) in [6.45, 7) is 6.11. The molecule has 0 aromatic carbocycles. The van der Waals surface area contributed by atoms with Gasteiger partial charge in [0.1, 0.15) is 0 Å². The van der Waals surface area contributed by atoms with Crippen molar-refractivity contribution in [3.05, 3.63) is 0 Å². The molecule has 0 aromatic heterocycles. The number of carbonyl (C=O) groups is 1. The molecule has 0 bridgehead atoms. The van der Waals surface area contributed by atoms with Gasteiger partial charge in [0.25, 0.3) is 0 Å². The fourth-order valence-corrected chi connectivity index (χ4v) is 2.11. The van der Waals surface area contributed by atoms with Crippen LogP contribution in [-0.4, -0.2) is 29.9 Å². The van der Waals surface area contributed by atoms with Crippen molar-refractivity contribution in [2.75, 3.05) is 13.1 Å². The van der Waals surface area contributed by atoms with Crippen LogP contribution in [0.25, 0.3) is 0 Å². The van der Waals surface area contributed by atoms with Crippen molar-refractivity contribution in [1.29, 1.82) is 0 Å². The molecule has 1 rings (SSSR count). The molecule has 1 amide bonds. The van der Waals surface area contributed by atoms with Crippen LogP contribution in [0.1, 0.15) is 46.0 Å². The lowest BCUT2D eigenvalue weighted by Crippen LogP contribution is -2.26. The van der Waals surface area contributed by atoms with Crippen molar-refractivity contribution >= 4 is 5.91 Å². The average molecular weight is 212 g/mol. The van der Waals surface area contributed by atoms with E-state index in [1.165, 1.54) is 0 Å². The normalized spacial score (nSPS) is 23.5. The minimum Gasteiger partial charge on any atom is -0.342 e. The second-order valence-corrected chi connectivity index (χ2v) is 4.79. The summed E-state index contributed by atoms with van der Waals surface area (Å²) in [7, 11) is 0. The fraction of sp³-hybridized carbons (Fsp3) is 0.917. The molecule has 0 aromatic rings. The van der Waals surface area contributed by atoms with Crippen molar-refractivity contribution in [3.8, 4) is 0 Å². The van der Waals surface area contributed by atoms with Crippen molar-refractivity contribution in [3.63, 3.8) is 0 Å². The molecular formula is C12H24N2O. The maximum atomic E-state index is 11.6. The van der Waals surface area contributed by atoms with E-state index in [4.69, 9.17) is 5.73 Å². The molecule has 2 atom stereocenters. The summed E-state index contributed by atoms with van der Waals surface area (Å²) in [5.41, 5.74) is 5.68. The highest BCUT2D eigenvalue weighted by molar-refractivity contribution is 5.78. The number of hydrogen-bond acceptors (Lipinski definition) is 2. The lowest BCUT2D eigenvalue weighted by molar-refractivity contribution is -0.127. The van der Waals surface area contributed by atoms with Crippen LogP contribution in [0, 0.1) is 5.92 Å². The Morgan fingerprint density at radius 2 is 2.27 bits per heavy atom. The largest absolute Gasteiger partial charge is 0.342 e. The third kappa shape index (κ3) is 4.20. The summed E-state index contributed by atoms with van der Waals surface area (Å²) in [5.74, 6) is 0.952. The van der Waals surface area contributed by atoms with E-state index in [1.54, 1.807) is 0 Å². The van der Waals surface area contributed by atoms with E-state index in [9.17, 15) is 4.79 Å². The number of amides is 1. The summed E-state index contributed by atoms with van der Waals surface area (Å²) >= 11 is 0. The van der Waals surface area contributed by atoms with Gasteiger partial charge in [-0.05, 0) is 25.7 Å². The van der Waals surface area contributed by atoms with Crippen LogP contribution in [0.5, 0.6) is 0 Å². The van der Waals surface area contributed by atoms with E-state index in [1.807, 2.05) is 11.8 Å². The fourth-order valence-electron chi connectivity index (χ4n) is 2.11. The van der Waals surface area contributed by atoms with Crippen LogP contribution in [0.3, 0.4) is 0 Å². The topological polar surface area (TPSA) is 46.3 Å². The number of unbranched alkanes of at least 4 members (excludes halogenated alkanes) is 1. The molecule has 15 heavy (non-hydrogen) atoms. The molecule has 1 aliphatic heterocycles. The Morgan fingerprint density at radius 1 is 1.53 bits per heavy atom. The zero-order chi connectivity index (χ0) is 11.3. The van der Waals surface area contributed by atoms with Crippen LogP contribution in [0.4, 0.5) is 0 Å². The molecule has 3 heteroatoms. The highest BCUT2D eigenvalue weighted by Gasteiger charge is 2.27. The molecule has 0 aliphatic carbocycles. The first-order chi connectivity index (χ1) is 7.13. The molecule has 1 heterocycles. The number of nitrogens with two attached hydrogens (primary N) is 1. The quantitative estimate of drug-likeness (QED) is 0.682. The van der Waals surface area contributed by atoms with Crippen molar-refractivity contribution < 1.29 is 4.79 Å². The standard InChI is InChI=1S/C12H24N2O/c1-3-11-8-12(15)14(9-11)7-5-4-6-10(2)13/h10-11H,3-9,13H2,1-2H3. The molecule has 0 radical (unpaired) electrons. The van der Waals surface area contributed by atoms with Gasteiger partial charge in [-0.1, -0.05) is 19.8 Å². The molecule has 3 nitrogen and oxygen atoms in total. The molecule has 0 saturated carbocycles. The number of nitrogens with zero attached hydrogens (tertiary/aromatic N) is 1. The second-order valence-electron chi connectivity index (χ2n) is 4.79. The van der Waals surface area contributed by atoms with Gasteiger partial charge in [0.05, 0.1) is 0 Å². The van der Waals surface area contributed by atoms with Gasteiger partial charge >= 0.3 is 0 Å². The predicted molar refractivity (Wildman–Crippen MR) is 62.5 cm³/mol. The first-order valence-electron chi connectivity index (χ1n) is 6.16. The minimum atomic E-state index is 0.294. The molecular weight excluding hydrogens is 188 g/mol. The summed E-state index contributed by atoms with van der Waals surface area (Å²) < 4.78 is 0. The third-order valence-electron chi connectivity index (χ3n) is 3.21. The van der Waals surface area contributed by atoms with E-state index >= 15 is 0 Å². The number of hydrogen-bond donors (Lipinski definition) is 1. The lowest BCUT2D eigenvalue weighted by atomic mass is 10.1. The predicted octanol–water partition coefficient (Wildman–Crippen LogP) is 1.76. The van der Waals surface area contributed by atoms with Gasteiger partial charge in [0.15, 0.2) is 0 Å². The Labute approximate surface area is 93.0 Å². The number of rotatable bonds is 6. The number of likely N-dealkylation sites (tertiary alicyclic amines) is 1. The van der Waals surface area contributed by atoms with Crippen LogP contribution < -0.4 is 5.73 Å².